The van der Waals surface area contributed by atoms with Gasteiger partial charge >= 0.3 is 12.2 Å². The molecule has 0 spiro atoms. The Morgan fingerprint density at radius 1 is 0.850 bits per heavy atom. The molecule has 3 aromatic carbocycles. The van der Waals surface area contributed by atoms with Gasteiger partial charge in [0.15, 0.2) is 0 Å². The number of morpholine rings is 1. The molecule has 2 unspecified atom stereocenters. The molecule has 2 bridgehead atoms. The van der Waals surface area contributed by atoms with Crippen molar-refractivity contribution in [3.8, 4) is 11.1 Å². The van der Waals surface area contributed by atoms with Crippen LogP contribution in [0.3, 0.4) is 0 Å². The lowest BCUT2D eigenvalue weighted by molar-refractivity contribution is -0.135. The van der Waals surface area contributed by atoms with Crippen LogP contribution in [0.2, 0.25) is 0 Å². The number of hydrogen-bond donors (Lipinski definition) is 2. The van der Waals surface area contributed by atoms with Crippen molar-refractivity contribution in [3.05, 3.63) is 95.6 Å². The highest BCUT2D eigenvalue weighted by molar-refractivity contribution is 5.89. The molecule has 9 heteroatoms. The second-order valence-corrected chi connectivity index (χ2v) is 10.6. The van der Waals surface area contributed by atoms with E-state index >= 15 is 0 Å². The molecule has 3 amide bonds. The lowest BCUT2D eigenvalue weighted by Gasteiger charge is -2.51. The van der Waals surface area contributed by atoms with Crippen molar-refractivity contribution in [2.75, 3.05) is 19.8 Å². The number of alkyl carbamates (subject to hydrolysis) is 1. The summed E-state index contributed by atoms with van der Waals surface area (Å²) in [6.07, 6.45) is -1.01. The van der Waals surface area contributed by atoms with Gasteiger partial charge in [0.05, 0.1) is 25.3 Å². The smallest absolute Gasteiger partial charge is 0.410 e. The first kappa shape index (κ1) is 25.9. The van der Waals surface area contributed by atoms with E-state index in [-0.39, 0.29) is 45.2 Å². The van der Waals surface area contributed by atoms with Crippen LogP contribution in [0.1, 0.15) is 35.4 Å². The van der Waals surface area contributed by atoms with Crippen molar-refractivity contribution >= 4 is 18.1 Å². The molecule has 0 radical (unpaired) electrons. The minimum atomic E-state index is -1.37. The number of carbonyl (C=O) groups is 3. The summed E-state index contributed by atoms with van der Waals surface area (Å²) in [6, 6.07) is 24.6. The number of piperidine rings is 1. The third-order valence-electron chi connectivity index (χ3n) is 8.15. The van der Waals surface area contributed by atoms with Crippen molar-refractivity contribution in [2.24, 2.45) is 5.73 Å². The van der Waals surface area contributed by atoms with Gasteiger partial charge in [-0.15, -0.1) is 0 Å². The van der Waals surface area contributed by atoms with Crippen LogP contribution in [-0.4, -0.2) is 60.4 Å². The molecule has 3 aromatic rings. The molecule has 2 atom stereocenters. The van der Waals surface area contributed by atoms with Gasteiger partial charge in [-0.2, -0.15) is 0 Å². The second kappa shape index (κ2) is 10.7. The molecule has 2 fully saturated rings. The number of carbonyl (C=O) groups excluding carboxylic acids is 3. The first-order valence-electron chi connectivity index (χ1n) is 13.4. The van der Waals surface area contributed by atoms with E-state index in [0.29, 0.717) is 0 Å². The number of benzene rings is 3. The van der Waals surface area contributed by atoms with Crippen LogP contribution in [0.15, 0.2) is 78.9 Å². The van der Waals surface area contributed by atoms with Crippen LogP contribution < -0.4 is 11.1 Å². The summed E-state index contributed by atoms with van der Waals surface area (Å²) in [5, 5.41) is 2.72. The Morgan fingerprint density at radius 2 is 1.43 bits per heavy atom. The Hall–Kier alpha value is -4.37. The number of fused-ring (bicyclic) bond motifs is 5. The molecule has 2 aliphatic heterocycles. The number of primary amides is 1. The van der Waals surface area contributed by atoms with E-state index in [9.17, 15) is 14.4 Å². The molecule has 40 heavy (non-hydrogen) atoms. The summed E-state index contributed by atoms with van der Waals surface area (Å²) >= 11 is 0. The largest absolute Gasteiger partial charge is 0.448 e. The van der Waals surface area contributed by atoms with Crippen LogP contribution in [-0.2, 0) is 25.6 Å². The standard InChI is InChI=1S/C31H31N3O6/c32-28(35)31(33-29(36)39-16-20-8-2-1-3-9-20)14-21-17-38-18-22(15-31)34(21)30(37)40-19-27-25-12-6-4-10-23(25)24-11-5-7-13-26(24)27/h1-13,21-22,27H,14-19H2,(H2,32,35)(H,33,36). The van der Waals surface area contributed by atoms with E-state index in [4.69, 9.17) is 19.9 Å². The van der Waals surface area contributed by atoms with E-state index in [0.717, 1.165) is 27.8 Å². The monoisotopic (exact) mass is 541 g/mol. The Labute approximate surface area is 232 Å². The molecular formula is C31H31N3O6. The Kier molecular flexibility index (Phi) is 6.89. The SMILES string of the molecule is NC(=O)C1(NC(=O)OCc2ccccc2)CC2COCC(C1)N2C(=O)OCC1c2ccccc2-c2ccccc21. The predicted molar refractivity (Wildman–Crippen MR) is 146 cm³/mol. The molecule has 2 saturated heterocycles. The molecule has 206 valence electrons. The van der Waals surface area contributed by atoms with Crippen LogP contribution in [0, 0.1) is 0 Å². The lowest BCUT2D eigenvalue weighted by Crippen LogP contribution is -2.71. The third kappa shape index (κ3) is 4.77. The van der Waals surface area contributed by atoms with Gasteiger partial charge in [0.2, 0.25) is 5.91 Å². The second-order valence-electron chi connectivity index (χ2n) is 10.6. The number of nitrogens with two attached hydrogens (primary N) is 1. The minimum absolute atomic E-state index is 0.0589. The molecular weight excluding hydrogens is 510 g/mol. The fourth-order valence-corrected chi connectivity index (χ4v) is 6.29. The minimum Gasteiger partial charge on any atom is -0.448 e. The van der Waals surface area contributed by atoms with Crippen LogP contribution >= 0.6 is 0 Å². The van der Waals surface area contributed by atoms with E-state index in [1.165, 1.54) is 0 Å². The van der Waals surface area contributed by atoms with Gasteiger partial charge in [-0.1, -0.05) is 78.9 Å². The molecule has 0 aromatic heterocycles. The van der Waals surface area contributed by atoms with E-state index in [1.807, 2.05) is 54.6 Å². The quantitative estimate of drug-likeness (QED) is 0.488. The topological polar surface area (TPSA) is 120 Å². The molecule has 1 aliphatic carbocycles. The average molecular weight is 542 g/mol. The molecule has 3 N–H and O–H groups in total. The van der Waals surface area contributed by atoms with Gasteiger partial charge < -0.3 is 25.3 Å². The van der Waals surface area contributed by atoms with Gasteiger partial charge in [-0.25, -0.2) is 9.59 Å². The Bertz CT molecular complexity index is 1370. The normalized spacial score (nSPS) is 23.1. The molecule has 3 aliphatic rings. The van der Waals surface area contributed by atoms with Gasteiger partial charge in [0, 0.05) is 18.8 Å². The molecule has 2 heterocycles. The summed E-state index contributed by atoms with van der Waals surface area (Å²) in [5.74, 6) is -0.740. The van der Waals surface area contributed by atoms with E-state index in [2.05, 4.69) is 29.6 Å². The fourth-order valence-electron chi connectivity index (χ4n) is 6.29. The molecule has 9 nitrogen and oxygen atoms in total. The highest BCUT2D eigenvalue weighted by atomic mass is 16.6. The summed E-state index contributed by atoms with van der Waals surface area (Å²) in [7, 11) is 0. The lowest BCUT2D eigenvalue weighted by atomic mass is 9.78. The van der Waals surface area contributed by atoms with Crippen molar-refractivity contribution in [1.82, 2.24) is 10.2 Å². The van der Waals surface area contributed by atoms with Crippen LogP contribution in [0.4, 0.5) is 9.59 Å². The van der Waals surface area contributed by atoms with Crippen molar-refractivity contribution in [3.63, 3.8) is 0 Å². The maximum atomic E-state index is 13.5. The predicted octanol–water partition coefficient (Wildman–Crippen LogP) is 3.95. The summed E-state index contributed by atoms with van der Waals surface area (Å²) < 4.78 is 17.0. The van der Waals surface area contributed by atoms with Gasteiger partial charge in [-0.05, 0) is 27.8 Å². The first-order valence-corrected chi connectivity index (χ1v) is 13.4. The van der Waals surface area contributed by atoms with Gasteiger partial charge in [-0.3, -0.25) is 9.69 Å². The van der Waals surface area contributed by atoms with Crippen LogP contribution in [0.25, 0.3) is 11.1 Å². The Balaban J connectivity index is 1.14. The number of hydrogen-bond acceptors (Lipinski definition) is 6. The Morgan fingerprint density at radius 3 is 2.02 bits per heavy atom. The number of rotatable bonds is 6. The van der Waals surface area contributed by atoms with E-state index < -0.39 is 35.7 Å². The highest BCUT2D eigenvalue weighted by Crippen LogP contribution is 2.45. The molecule has 6 rings (SSSR count). The number of ether oxygens (including phenoxy) is 3. The maximum absolute atomic E-state index is 13.5. The molecule has 0 saturated carbocycles. The van der Waals surface area contributed by atoms with E-state index in [1.54, 1.807) is 4.90 Å². The summed E-state index contributed by atoms with van der Waals surface area (Å²) in [5.41, 5.74) is 9.84. The van der Waals surface area contributed by atoms with Gasteiger partial charge in [0.25, 0.3) is 0 Å². The van der Waals surface area contributed by atoms with Crippen molar-refractivity contribution < 1.29 is 28.6 Å². The maximum Gasteiger partial charge on any atom is 0.410 e. The number of nitrogens with one attached hydrogen (secondary N) is 1. The highest BCUT2D eigenvalue weighted by Gasteiger charge is 2.53. The van der Waals surface area contributed by atoms with Crippen molar-refractivity contribution in [2.45, 2.75) is 43.0 Å². The number of amides is 3. The van der Waals surface area contributed by atoms with Gasteiger partial charge in [0.1, 0.15) is 18.8 Å². The average Bonchev–Trinajstić information content (AvgIpc) is 3.28. The van der Waals surface area contributed by atoms with Crippen molar-refractivity contribution in [1.29, 1.82) is 0 Å². The zero-order valence-corrected chi connectivity index (χ0v) is 22.0. The number of nitrogens with zero attached hydrogens (tertiary/aromatic N) is 1. The summed E-state index contributed by atoms with van der Waals surface area (Å²) in [4.78, 5) is 40.5. The zero-order chi connectivity index (χ0) is 27.7. The zero-order valence-electron chi connectivity index (χ0n) is 22.0. The summed E-state index contributed by atoms with van der Waals surface area (Å²) in [6.45, 7) is 0.658. The third-order valence-corrected chi connectivity index (χ3v) is 8.15. The first-order chi connectivity index (χ1) is 19.4. The fraction of sp³-hybridized carbons (Fsp3) is 0.323. The van der Waals surface area contributed by atoms with Crippen LogP contribution in [0.5, 0.6) is 0 Å².